The van der Waals surface area contributed by atoms with Crippen molar-refractivity contribution in [1.29, 1.82) is 0 Å². The molecule has 1 saturated carbocycles. The van der Waals surface area contributed by atoms with Crippen LogP contribution in [0.3, 0.4) is 0 Å². The van der Waals surface area contributed by atoms with Crippen LogP contribution in [0, 0.1) is 0 Å². The van der Waals surface area contributed by atoms with Gasteiger partial charge in [-0.15, -0.1) is 0 Å². The smallest absolute Gasteiger partial charge is 0.156 e. The molecular weight excluding hydrogens is 214 g/mol. The molecule has 1 aromatic carbocycles. The summed E-state index contributed by atoms with van der Waals surface area (Å²) in [5, 5.41) is 7.85. The van der Waals surface area contributed by atoms with Crippen LogP contribution in [0.4, 0.5) is 5.82 Å². The zero-order valence-corrected chi connectivity index (χ0v) is 9.78. The van der Waals surface area contributed by atoms with Gasteiger partial charge < -0.3 is 10.5 Å². The number of rotatable bonds is 2. The summed E-state index contributed by atoms with van der Waals surface area (Å²) in [7, 11) is 0. The van der Waals surface area contributed by atoms with Crippen molar-refractivity contribution >= 4 is 16.7 Å². The monoisotopic (exact) mass is 231 g/mol. The Bertz CT molecular complexity index is 514. The topological polar surface area (TPSA) is 63.9 Å². The molecule has 1 fully saturated rings. The molecule has 4 heteroatoms. The number of anilines is 1. The second kappa shape index (κ2) is 4.28. The van der Waals surface area contributed by atoms with Crippen molar-refractivity contribution in [2.45, 2.75) is 38.2 Å². The number of nitrogen functional groups attached to an aromatic ring is 1. The first kappa shape index (κ1) is 10.4. The van der Waals surface area contributed by atoms with Crippen molar-refractivity contribution in [2.24, 2.45) is 0 Å². The fraction of sp³-hybridized carbons (Fsp3) is 0.462. The molecule has 1 heterocycles. The lowest BCUT2D eigenvalue weighted by atomic mass is 9.98. The number of hydrogen-bond donors (Lipinski definition) is 2. The number of aromatic amines is 1. The molecule has 0 bridgehead atoms. The molecule has 1 aliphatic carbocycles. The van der Waals surface area contributed by atoms with Gasteiger partial charge in [-0.2, -0.15) is 5.10 Å². The Balaban J connectivity index is 1.91. The lowest BCUT2D eigenvalue weighted by Gasteiger charge is -2.23. The Morgan fingerprint density at radius 3 is 2.88 bits per heavy atom. The van der Waals surface area contributed by atoms with Gasteiger partial charge in [0.2, 0.25) is 0 Å². The van der Waals surface area contributed by atoms with Crippen LogP contribution < -0.4 is 10.5 Å². The molecule has 2 aromatic rings. The van der Waals surface area contributed by atoms with Gasteiger partial charge in [-0.3, -0.25) is 5.10 Å². The van der Waals surface area contributed by atoms with Crippen molar-refractivity contribution in [3.63, 3.8) is 0 Å². The van der Waals surface area contributed by atoms with E-state index in [9.17, 15) is 0 Å². The molecule has 0 unspecified atom stereocenters. The molecule has 3 rings (SSSR count). The second-order valence-corrected chi connectivity index (χ2v) is 4.67. The third-order valence-corrected chi connectivity index (χ3v) is 3.43. The van der Waals surface area contributed by atoms with Crippen LogP contribution in [0.15, 0.2) is 18.2 Å². The molecular formula is C13H17N3O. The molecule has 0 saturated heterocycles. The maximum absolute atomic E-state index is 6.07. The number of nitrogens with two attached hydrogens (primary N) is 1. The van der Waals surface area contributed by atoms with Gasteiger partial charge in [0.15, 0.2) is 5.82 Å². The number of fused-ring (bicyclic) bond motifs is 1. The van der Waals surface area contributed by atoms with E-state index in [2.05, 4.69) is 10.2 Å². The standard InChI is InChI=1S/C13H17N3O/c14-13-12-10(15-16-13)7-4-8-11(12)17-9-5-2-1-3-6-9/h4,7-9H,1-3,5-6H2,(H3,14,15,16). The van der Waals surface area contributed by atoms with Gasteiger partial charge in [-0.25, -0.2) is 0 Å². The maximum atomic E-state index is 6.07. The van der Waals surface area contributed by atoms with E-state index in [0.29, 0.717) is 11.9 Å². The van der Waals surface area contributed by atoms with Gasteiger partial charge in [0, 0.05) is 0 Å². The van der Waals surface area contributed by atoms with E-state index in [1.54, 1.807) is 0 Å². The average Bonchev–Trinajstić information content (AvgIpc) is 2.74. The SMILES string of the molecule is Nc1n[nH]c2cccc(OC3CCCCC3)c12. The van der Waals surface area contributed by atoms with Gasteiger partial charge in [-0.1, -0.05) is 12.5 Å². The van der Waals surface area contributed by atoms with E-state index in [-0.39, 0.29) is 0 Å². The Morgan fingerprint density at radius 1 is 1.24 bits per heavy atom. The summed E-state index contributed by atoms with van der Waals surface area (Å²) in [6, 6.07) is 5.91. The molecule has 4 nitrogen and oxygen atoms in total. The molecule has 0 aliphatic heterocycles. The highest BCUT2D eigenvalue weighted by atomic mass is 16.5. The number of nitrogens with zero attached hydrogens (tertiary/aromatic N) is 1. The molecule has 0 spiro atoms. The summed E-state index contributed by atoms with van der Waals surface area (Å²) in [5.41, 5.74) is 6.80. The molecule has 0 atom stereocenters. The van der Waals surface area contributed by atoms with Crippen LogP contribution in [0.25, 0.3) is 10.9 Å². The largest absolute Gasteiger partial charge is 0.490 e. The third kappa shape index (κ3) is 1.95. The Labute approximate surface area is 100 Å². The highest BCUT2D eigenvalue weighted by Gasteiger charge is 2.17. The maximum Gasteiger partial charge on any atom is 0.156 e. The minimum atomic E-state index is 0.337. The van der Waals surface area contributed by atoms with Crippen LogP contribution in [0.1, 0.15) is 32.1 Å². The van der Waals surface area contributed by atoms with Gasteiger partial charge in [0.25, 0.3) is 0 Å². The predicted octanol–water partition coefficient (Wildman–Crippen LogP) is 2.86. The molecule has 3 N–H and O–H groups in total. The summed E-state index contributed by atoms with van der Waals surface area (Å²) < 4.78 is 6.07. The minimum absolute atomic E-state index is 0.337. The van der Waals surface area contributed by atoms with Crippen LogP contribution in [0.5, 0.6) is 5.75 Å². The number of aromatic nitrogens is 2. The van der Waals surface area contributed by atoms with Crippen molar-refractivity contribution in [1.82, 2.24) is 10.2 Å². The molecule has 1 aromatic heterocycles. The van der Waals surface area contributed by atoms with Gasteiger partial charge in [0.1, 0.15) is 5.75 Å². The first-order chi connectivity index (χ1) is 8.34. The summed E-state index contributed by atoms with van der Waals surface area (Å²) in [5.74, 6) is 1.38. The molecule has 90 valence electrons. The Morgan fingerprint density at radius 2 is 2.06 bits per heavy atom. The van der Waals surface area contributed by atoms with Crippen molar-refractivity contribution in [3.8, 4) is 5.75 Å². The van der Waals surface area contributed by atoms with E-state index in [1.165, 1.54) is 19.3 Å². The highest BCUT2D eigenvalue weighted by Crippen LogP contribution is 2.31. The van der Waals surface area contributed by atoms with Crippen molar-refractivity contribution in [3.05, 3.63) is 18.2 Å². The molecule has 17 heavy (non-hydrogen) atoms. The molecule has 0 amide bonds. The van der Waals surface area contributed by atoms with Crippen LogP contribution in [-0.4, -0.2) is 16.3 Å². The molecule has 1 aliphatic rings. The van der Waals surface area contributed by atoms with E-state index >= 15 is 0 Å². The van der Waals surface area contributed by atoms with Crippen LogP contribution >= 0.6 is 0 Å². The van der Waals surface area contributed by atoms with Gasteiger partial charge in [-0.05, 0) is 37.8 Å². The lowest BCUT2D eigenvalue weighted by molar-refractivity contribution is 0.157. The zero-order chi connectivity index (χ0) is 11.7. The van der Waals surface area contributed by atoms with E-state index in [0.717, 1.165) is 29.5 Å². The minimum Gasteiger partial charge on any atom is -0.490 e. The number of H-pyrrole nitrogens is 1. The summed E-state index contributed by atoms with van der Waals surface area (Å²) >= 11 is 0. The predicted molar refractivity (Wildman–Crippen MR) is 68.0 cm³/mol. The fourth-order valence-electron chi connectivity index (χ4n) is 2.53. The molecule has 0 radical (unpaired) electrons. The number of hydrogen-bond acceptors (Lipinski definition) is 3. The van der Waals surface area contributed by atoms with Crippen molar-refractivity contribution < 1.29 is 4.74 Å². The third-order valence-electron chi connectivity index (χ3n) is 3.43. The average molecular weight is 231 g/mol. The first-order valence-corrected chi connectivity index (χ1v) is 6.24. The number of nitrogens with one attached hydrogen (secondary N) is 1. The summed E-state index contributed by atoms with van der Waals surface area (Å²) in [4.78, 5) is 0. The van der Waals surface area contributed by atoms with Gasteiger partial charge in [0.05, 0.1) is 17.0 Å². The summed E-state index contributed by atoms with van der Waals surface area (Å²) in [6.07, 6.45) is 6.49. The lowest BCUT2D eigenvalue weighted by Crippen LogP contribution is -2.19. The quantitative estimate of drug-likeness (QED) is 0.835. The Hall–Kier alpha value is -1.71. The second-order valence-electron chi connectivity index (χ2n) is 4.67. The number of ether oxygens (including phenoxy) is 1. The highest BCUT2D eigenvalue weighted by molar-refractivity contribution is 5.94. The van der Waals surface area contributed by atoms with Crippen LogP contribution in [0.2, 0.25) is 0 Å². The van der Waals surface area contributed by atoms with Crippen molar-refractivity contribution in [2.75, 3.05) is 5.73 Å². The van der Waals surface area contributed by atoms with Crippen LogP contribution in [-0.2, 0) is 0 Å². The number of benzene rings is 1. The van der Waals surface area contributed by atoms with Gasteiger partial charge >= 0.3 is 0 Å². The zero-order valence-electron chi connectivity index (χ0n) is 9.78. The van der Waals surface area contributed by atoms with E-state index in [4.69, 9.17) is 10.5 Å². The van der Waals surface area contributed by atoms with E-state index < -0.39 is 0 Å². The normalized spacial score (nSPS) is 17.4. The fourth-order valence-corrected chi connectivity index (χ4v) is 2.53. The summed E-state index contributed by atoms with van der Waals surface area (Å²) in [6.45, 7) is 0. The first-order valence-electron chi connectivity index (χ1n) is 6.24. The van der Waals surface area contributed by atoms with E-state index in [1.807, 2.05) is 18.2 Å². The Kier molecular flexibility index (Phi) is 2.63.